The Balaban J connectivity index is 0. The van der Waals surface area contributed by atoms with Crippen molar-refractivity contribution < 1.29 is 9.53 Å². The molecule has 0 radical (unpaired) electrons. The van der Waals surface area contributed by atoms with E-state index in [0.717, 1.165) is 0 Å². The topological polar surface area (TPSA) is 52.3 Å². The van der Waals surface area contributed by atoms with Crippen LogP contribution in [-0.2, 0) is 9.53 Å². The van der Waals surface area contributed by atoms with Gasteiger partial charge < -0.3 is 10.5 Å². The first-order chi connectivity index (χ1) is 4.04. The predicted molar refractivity (Wildman–Crippen MR) is 43.4 cm³/mol. The maximum atomic E-state index is 10.6. The first-order valence-corrected chi connectivity index (χ1v) is 3.00. The molecule has 0 aliphatic carbocycles. The summed E-state index contributed by atoms with van der Waals surface area (Å²) in [6.07, 6.45) is -0.0662. The summed E-state index contributed by atoms with van der Waals surface area (Å²) in [5.74, 6) is -0.343. The van der Waals surface area contributed by atoms with Gasteiger partial charge in [-0.1, -0.05) is 0 Å². The Kier molecular flexibility index (Phi) is 8.51. The second kappa shape index (κ2) is 6.40. The van der Waals surface area contributed by atoms with Gasteiger partial charge in [-0.2, -0.15) is 0 Å². The molecule has 0 fully saturated rings. The summed E-state index contributed by atoms with van der Waals surface area (Å²) in [6.45, 7) is 5.19. The molecule has 0 saturated carbocycles. The van der Waals surface area contributed by atoms with Crippen molar-refractivity contribution in [1.29, 1.82) is 0 Å². The SMILES string of the molecule is CC(C)OC(=O)[C@H](C)N.[CaH2]. The second-order valence-corrected chi connectivity index (χ2v) is 2.27. The number of rotatable bonds is 2. The van der Waals surface area contributed by atoms with E-state index in [1.165, 1.54) is 0 Å². The van der Waals surface area contributed by atoms with Crippen LogP contribution in [0.5, 0.6) is 0 Å². The van der Waals surface area contributed by atoms with Gasteiger partial charge in [-0.25, -0.2) is 0 Å². The number of carbonyl (C=O) groups is 1. The maximum absolute atomic E-state index is 10.6. The molecular weight excluding hydrogens is 158 g/mol. The Morgan fingerprint density at radius 2 is 1.80 bits per heavy atom. The predicted octanol–water partition coefficient (Wildman–Crippen LogP) is -0.631. The van der Waals surface area contributed by atoms with Crippen LogP contribution >= 0.6 is 0 Å². The number of ether oxygens (including phenoxy) is 1. The molecule has 0 aromatic carbocycles. The van der Waals surface area contributed by atoms with E-state index in [0.29, 0.717) is 0 Å². The van der Waals surface area contributed by atoms with E-state index >= 15 is 0 Å². The van der Waals surface area contributed by atoms with E-state index in [4.69, 9.17) is 10.5 Å². The number of esters is 1. The molecule has 4 heteroatoms. The van der Waals surface area contributed by atoms with Gasteiger partial charge in [-0.3, -0.25) is 4.79 Å². The fourth-order valence-corrected chi connectivity index (χ4v) is 0.340. The van der Waals surface area contributed by atoms with Crippen LogP contribution in [-0.4, -0.2) is 55.9 Å². The van der Waals surface area contributed by atoms with Crippen LogP contribution in [0, 0.1) is 0 Å². The molecule has 58 valence electrons. The van der Waals surface area contributed by atoms with Gasteiger partial charge in [0.05, 0.1) is 6.10 Å². The van der Waals surface area contributed by atoms with Gasteiger partial charge in [0.15, 0.2) is 0 Å². The van der Waals surface area contributed by atoms with Crippen molar-refractivity contribution in [3.63, 3.8) is 0 Å². The number of nitrogens with two attached hydrogens (primary N) is 1. The van der Waals surface area contributed by atoms with Gasteiger partial charge in [-0.15, -0.1) is 0 Å². The Bertz CT molecular complexity index is 104. The van der Waals surface area contributed by atoms with E-state index in [1.54, 1.807) is 20.8 Å². The fraction of sp³-hybridized carbons (Fsp3) is 0.833. The number of hydrogen-bond acceptors (Lipinski definition) is 3. The summed E-state index contributed by atoms with van der Waals surface area (Å²) < 4.78 is 4.75. The van der Waals surface area contributed by atoms with Crippen molar-refractivity contribution in [2.45, 2.75) is 32.9 Å². The average molecular weight is 173 g/mol. The van der Waals surface area contributed by atoms with Crippen LogP contribution in [0.3, 0.4) is 0 Å². The zero-order valence-corrected chi connectivity index (χ0v) is 6.05. The van der Waals surface area contributed by atoms with E-state index in [2.05, 4.69) is 0 Å². The van der Waals surface area contributed by atoms with Gasteiger partial charge in [-0.05, 0) is 20.8 Å². The van der Waals surface area contributed by atoms with Crippen molar-refractivity contribution in [2.75, 3.05) is 0 Å². The quantitative estimate of drug-likeness (QED) is 0.447. The number of hydrogen-bond donors (Lipinski definition) is 1. The van der Waals surface area contributed by atoms with Crippen LogP contribution in [0.15, 0.2) is 0 Å². The van der Waals surface area contributed by atoms with E-state index in [-0.39, 0.29) is 49.8 Å². The van der Waals surface area contributed by atoms with Crippen molar-refractivity contribution in [3.8, 4) is 0 Å². The zero-order valence-electron chi connectivity index (χ0n) is 6.05. The molecule has 0 aliphatic rings. The molecule has 1 atom stereocenters. The summed E-state index contributed by atoms with van der Waals surface area (Å²) >= 11 is 0. The zero-order chi connectivity index (χ0) is 7.44. The molecule has 0 spiro atoms. The molecule has 0 amide bonds. The van der Waals surface area contributed by atoms with Crippen LogP contribution in [0.2, 0.25) is 0 Å². The van der Waals surface area contributed by atoms with E-state index in [1.807, 2.05) is 0 Å². The third-order valence-electron chi connectivity index (χ3n) is 0.724. The molecule has 0 aliphatic heterocycles. The van der Waals surface area contributed by atoms with Crippen molar-refractivity contribution in [3.05, 3.63) is 0 Å². The normalized spacial score (nSPS) is 12.1. The summed E-state index contributed by atoms with van der Waals surface area (Å²) in [5.41, 5.74) is 5.21. The van der Waals surface area contributed by atoms with E-state index in [9.17, 15) is 4.79 Å². The van der Waals surface area contributed by atoms with Crippen molar-refractivity contribution >= 4 is 43.7 Å². The molecule has 0 rings (SSSR count). The minimum atomic E-state index is -0.507. The van der Waals surface area contributed by atoms with Gasteiger partial charge in [0.2, 0.25) is 0 Å². The molecule has 0 heterocycles. The molecule has 0 aromatic heterocycles. The van der Waals surface area contributed by atoms with Crippen LogP contribution in [0.25, 0.3) is 0 Å². The number of carbonyl (C=O) groups excluding carboxylic acids is 1. The molecule has 3 nitrogen and oxygen atoms in total. The molecule has 0 saturated heterocycles. The third-order valence-corrected chi connectivity index (χ3v) is 0.724. The molecule has 0 unspecified atom stereocenters. The molecule has 0 bridgehead atoms. The average Bonchev–Trinajstić information content (AvgIpc) is 1.63. The second-order valence-electron chi connectivity index (χ2n) is 2.27. The van der Waals surface area contributed by atoms with Crippen LogP contribution in [0.4, 0.5) is 0 Å². The van der Waals surface area contributed by atoms with Gasteiger partial charge in [0.25, 0.3) is 0 Å². The first-order valence-electron chi connectivity index (χ1n) is 3.00. The fourth-order valence-electron chi connectivity index (χ4n) is 0.340. The standard InChI is InChI=1S/C6H13NO2.Ca.2H/c1-4(2)9-6(8)5(3)7;;;/h4-5H,7H2,1-3H3;;;/t5-;;;/m0.../s1. The Morgan fingerprint density at radius 1 is 1.40 bits per heavy atom. The van der Waals surface area contributed by atoms with Gasteiger partial charge >= 0.3 is 43.7 Å². The first kappa shape index (κ1) is 13.3. The van der Waals surface area contributed by atoms with E-state index < -0.39 is 6.04 Å². The van der Waals surface area contributed by atoms with Gasteiger partial charge in [0, 0.05) is 0 Å². The summed E-state index contributed by atoms with van der Waals surface area (Å²) in [5, 5.41) is 0. The van der Waals surface area contributed by atoms with Crippen LogP contribution < -0.4 is 5.73 Å². The molecular formula is C6H15CaNO2. The third kappa shape index (κ3) is 6.80. The Labute approximate surface area is 91.3 Å². The minimum absolute atomic E-state index is 0. The van der Waals surface area contributed by atoms with Crippen molar-refractivity contribution in [1.82, 2.24) is 0 Å². The molecule has 0 aromatic rings. The summed E-state index contributed by atoms with van der Waals surface area (Å²) in [6, 6.07) is -0.507. The Hall–Kier alpha value is 0.690. The monoisotopic (exact) mass is 173 g/mol. The summed E-state index contributed by atoms with van der Waals surface area (Å²) in [4.78, 5) is 10.6. The van der Waals surface area contributed by atoms with Crippen LogP contribution in [0.1, 0.15) is 20.8 Å². The Morgan fingerprint density at radius 3 is 1.90 bits per heavy atom. The summed E-state index contributed by atoms with van der Waals surface area (Å²) in [7, 11) is 0. The van der Waals surface area contributed by atoms with Crippen molar-refractivity contribution in [2.24, 2.45) is 5.73 Å². The molecule has 10 heavy (non-hydrogen) atoms. The van der Waals surface area contributed by atoms with Gasteiger partial charge in [0.1, 0.15) is 6.04 Å². The molecule has 2 N–H and O–H groups in total.